The second kappa shape index (κ2) is 5.92. The predicted octanol–water partition coefficient (Wildman–Crippen LogP) is 2.42. The van der Waals surface area contributed by atoms with Gasteiger partial charge in [0.05, 0.1) is 6.61 Å². The normalized spacial score (nSPS) is 10.1. The monoisotopic (exact) mass is 246 g/mol. The molecular weight excluding hydrogens is 236 g/mol. The number of carbonyl (C=O) groups is 1. The molecular formula is C9H11ClN2O2S. The first kappa shape index (κ1) is 12.3. The number of aromatic nitrogens is 2. The van der Waals surface area contributed by atoms with E-state index in [1.165, 1.54) is 18.0 Å². The van der Waals surface area contributed by atoms with Crippen LogP contribution in [0.4, 0.5) is 0 Å². The van der Waals surface area contributed by atoms with Crippen molar-refractivity contribution in [1.82, 2.24) is 9.97 Å². The largest absolute Gasteiger partial charge is 0.462 e. The zero-order valence-electron chi connectivity index (χ0n) is 8.49. The Balaban J connectivity index is 2.87. The van der Waals surface area contributed by atoms with E-state index in [0.29, 0.717) is 11.8 Å². The van der Waals surface area contributed by atoms with Crippen molar-refractivity contribution in [2.75, 3.05) is 12.4 Å². The van der Waals surface area contributed by atoms with Gasteiger partial charge in [0.15, 0.2) is 5.16 Å². The second-order valence-electron chi connectivity index (χ2n) is 2.51. The van der Waals surface area contributed by atoms with Gasteiger partial charge in [-0.3, -0.25) is 0 Å². The summed E-state index contributed by atoms with van der Waals surface area (Å²) < 4.78 is 4.80. The molecule has 0 amide bonds. The van der Waals surface area contributed by atoms with E-state index in [-0.39, 0.29) is 10.7 Å². The highest BCUT2D eigenvalue weighted by Gasteiger charge is 2.13. The maximum Gasteiger partial charge on any atom is 0.342 e. The molecule has 0 N–H and O–H groups in total. The molecule has 1 aromatic heterocycles. The van der Waals surface area contributed by atoms with Crippen molar-refractivity contribution in [2.45, 2.75) is 19.0 Å². The second-order valence-corrected chi connectivity index (χ2v) is 4.10. The summed E-state index contributed by atoms with van der Waals surface area (Å²) >= 11 is 7.29. The molecule has 0 fully saturated rings. The first-order valence-corrected chi connectivity index (χ1v) is 5.87. The van der Waals surface area contributed by atoms with E-state index in [4.69, 9.17) is 16.3 Å². The van der Waals surface area contributed by atoms with Gasteiger partial charge in [-0.15, -0.1) is 0 Å². The molecule has 0 aliphatic rings. The topological polar surface area (TPSA) is 52.1 Å². The third-order valence-electron chi connectivity index (χ3n) is 1.49. The molecule has 82 valence electrons. The van der Waals surface area contributed by atoms with Gasteiger partial charge in [0.1, 0.15) is 10.7 Å². The van der Waals surface area contributed by atoms with Crippen LogP contribution in [0.3, 0.4) is 0 Å². The van der Waals surface area contributed by atoms with E-state index in [1.54, 1.807) is 6.92 Å². The van der Waals surface area contributed by atoms with Crippen LogP contribution in [0, 0.1) is 0 Å². The lowest BCUT2D eigenvalue weighted by molar-refractivity contribution is 0.0525. The summed E-state index contributed by atoms with van der Waals surface area (Å²) in [7, 11) is 0. The number of thioether (sulfide) groups is 1. The molecule has 0 unspecified atom stereocenters. The van der Waals surface area contributed by atoms with Crippen LogP contribution < -0.4 is 0 Å². The third kappa shape index (κ3) is 3.35. The maximum atomic E-state index is 11.3. The Morgan fingerprint density at radius 1 is 1.60 bits per heavy atom. The SMILES string of the molecule is CCOC(=O)c1cnc(SCC)nc1Cl. The fourth-order valence-electron chi connectivity index (χ4n) is 0.891. The minimum atomic E-state index is -0.490. The summed E-state index contributed by atoms with van der Waals surface area (Å²) in [5.74, 6) is 0.366. The smallest absolute Gasteiger partial charge is 0.342 e. The van der Waals surface area contributed by atoms with Crippen molar-refractivity contribution < 1.29 is 9.53 Å². The van der Waals surface area contributed by atoms with Crippen LogP contribution in [-0.4, -0.2) is 28.3 Å². The average molecular weight is 247 g/mol. The maximum absolute atomic E-state index is 11.3. The number of rotatable bonds is 4. The van der Waals surface area contributed by atoms with E-state index in [9.17, 15) is 4.79 Å². The zero-order chi connectivity index (χ0) is 11.3. The van der Waals surface area contributed by atoms with Crippen LogP contribution in [-0.2, 0) is 4.74 Å². The van der Waals surface area contributed by atoms with Crippen LogP contribution >= 0.6 is 23.4 Å². The van der Waals surface area contributed by atoms with E-state index >= 15 is 0 Å². The Morgan fingerprint density at radius 2 is 2.33 bits per heavy atom. The molecule has 0 spiro atoms. The predicted molar refractivity (Wildman–Crippen MR) is 59.4 cm³/mol. The molecule has 0 saturated heterocycles. The Hall–Kier alpha value is -0.810. The highest BCUT2D eigenvalue weighted by atomic mass is 35.5. The zero-order valence-corrected chi connectivity index (χ0v) is 10.1. The van der Waals surface area contributed by atoms with Crippen molar-refractivity contribution in [1.29, 1.82) is 0 Å². The van der Waals surface area contributed by atoms with Gasteiger partial charge in [0.2, 0.25) is 0 Å². The van der Waals surface area contributed by atoms with Gasteiger partial charge < -0.3 is 4.74 Å². The van der Waals surface area contributed by atoms with Gasteiger partial charge >= 0.3 is 5.97 Å². The van der Waals surface area contributed by atoms with Gasteiger partial charge in [-0.2, -0.15) is 0 Å². The minimum Gasteiger partial charge on any atom is -0.462 e. The number of nitrogens with zero attached hydrogens (tertiary/aromatic N) is 2. The lowest BCUT2D eigenvalue weighted by Crippen LogP contribution is -2.07. The molecule has 0 aromatic carbocycles. The summed E-state index contributed by atoms with van der Waals surface area (Å²) in [5, 5.41) is 0.704. The lowest BCUT2D eigenvalue weighted by Gasteiger charge is -2.03. The summed E-state index contributed by atoms with van der Waals surface area (Å²) in [4.78, 5) is 19.3. The molecule has 0 aliphatic carbocycles. The first-order valence-electron chi connectivity index (χ1n) is 4.51. The quantitative estimate of drug-likeness (QED) is 0.353. The fraction of sp³-hybridized carbons (Fsp3) is 0.444. The molecule has 6 heteroatoms. The molecule has 0 atom stereocenters. The average Bonchev–Trinajstić information content (AvgIpc) is 2.18. The van der Waals surface area contributed by atoms with Crippen LogP contribution in [0.2, 0.25) is 5.15 Å². The number of hydrogen-bond donors (Lipinski definition) is 0. The van der Waals surface area contributed by atoms with Gasteiger partial charge in [-0.25, -0.2) is 14.8 Å². The van der Waals surface area contributed by atoms with Crippen LogP contribution in [0.5, 0.6) is 0 Å². The number of esters is 1. The fourth-order valence-corrected chi connectivity index (χ4v) is 1.69. The van der Waals surface area contributed by atoms with Gasteiger partial charge in [-0.1, -0.05) is 30.3 Å². The first-order chi connectivity index (χ1) is 7.19. The summed E-state index contributed by atoms with van der Waals surface area (Å²) in [5.41, 5.74) is 0.207. The Bertz CT molecular complexity index is 360. The number of hydrogen-bond acceptors (Lipinski definition) is 5. The van der Waals surface area contributed by atoms with Crippen molar-refractivity contribution in [2.24, 2.45) is 0 Å². The van der Waals surface area contributed by atoms with Crippen LogP contribution in [0.1, 0.15) is 24.2 Å². The molecule has 1 aromatic rings. The van der Waals surface area contributed by atoms with Gasteiger partial charge in [0.25, 0.3) is 0 Å². The van der Waals surface area contributed by atoms with E-state index < -0.39 is 5.97 Å². The number of carbonyl (C=O) groups excluding carboxylic acids is 1. The van der Waals surface area contributed by atoms with Crippen LogP contribution in [0.25, 0.3) is 0 Å². The van der Waals surface area contributed by atoms with E-state index in [1.807, 2.05) is 6.92 Å². The summed E-state index contributed by atoms with van der Waals surface area (Å²) in [6, 6.07) is 0. The van der Waals surface area contributed by atoms with Crippen molar-refractivity contribution in [3.8, 4) is 0 Å². The Labute approximate surface area is 97.4 Å². The molecule has 0 bridgehead atoms. The molecule has 15 heavy (non-hydrogen) atoms. The van der Waals surface area contributed by atoms with Gasteiger partial charge in [-0.05, 0) is 12.7 Å². The number of halogens is 1. The summed E-state index contributed by atoms with van der Waals surface area (Å²) in [6.45, 7) is 4.02. The molecule has 1 rings (SSSR count). The molecule has 0 aliphatic heterocycles. The highest BCUT2D eigenvalue weighted by molar-refractivity contribution is 7.99. The molecule has 0 saturated carbocycles. The van der Waals surface area contributed by atoms with E-state index in [2.05, 4.69) is 9.97 Å². The lowest BCUT2D eigenvalue weighted by atomic mass is 10.3. The highest BCUT2D eigenvalue weighted by Crippen LogP contribution is 2.18. The Kier molecular flexibility index (Phi) is 4.84. The van der Waals surface area contributed by atoms with Crippen molar-refractivity contribution in [3.05, 3.63) is 16.9 Å². The summed E-state index contributed by atoms with van der Waals surface area (Å²) in [6.07, 6.45) is 1.39. The third-order valence-corrected chi connectivity index (χ3v) is 2.52. The van der Waals surface area contributed by atoms with Crippen molar-refractivity contribution >= 4 is 29.3 Å². The molecule has 0 radical (unpaired) electrons. The van der Waals surface area contributed by atoms with Crippen molar-refractivity contribution in [3.63, 3.8) is 0 Å². The van der Waals surface area contributed by atoms with Gasteiger partial charge in [0, 0.05) is 6.20 Å². The van der Waals surface area contributed by atoms with Crippen LogP contribution in [0.15, 0.2) is 11.4 Å². The standard InChI is InChI=1S/C9H11ClN2O2S/c1-3-14-8(13)6-5-11-9(15-4-2)12-7(6)10/h5H,3-4H2,1-2H3. The molecule has 1 heterocycles. The van der Waals surface area contributed by atoms with E-state index in [0.717, 1.165) is 5.75 Å². The minimum absolute atomic E-state index is 0.138. The number of ether oxygens (including phenoxy) is 1. The molecule has 4 nitrogen and oxygen atoms in total. The Morgan fingerprint density at radius 3 is 2.87 bits per heavy atom.